The van der Waals surface area contributed by atoms with Crippen molar-refractivity contribution in [2.45, 2.75) is 251 Å². The number of hydrogen-bond acceptors (Lipinski definition) is 6. The molecule has 0 amide bonds. The van der Waals surface area contributed by atoms with Gasteiger partial charge in [-0.25, -0.2) is 0 Å². The molecule has 0 bridgehead atoms. The van der Waals surface area contributed by atoms with E-state index in [1.54, 1.807) is 0 Å². The van der Waals surface area contributed by atoms with E-state index < -0.39 is 6.10 Å². The second kappa shape index (κ2) is 39.5. The summed E-state index contributed by atoms with van der Waals surface area (Å²) in [6.07, 6.45) is 36.8. The average Bonchev–Trinajstić information content (AvgIpc) is 3.10. The van der Waals surface area contributed by atoms with E-state index in [-0.39, 0.29) is 24.8 Å². The second-order valence-corrected chi connectivity index (χ2v) is 15.6. The molecule has 300 valence electrons. The standard InChI is InChI=1S/C44H89NO5/c1-4-7-10-13-16-17-18-19-20-25-32-41(47)39-45(37-30-24-31-38-46)40-42(48)33-26-23-29-36-44(49)50-43(34-27-21-14-11-8-5-2)35-28-22-15-12-9-6-3/h41-43,46-48H,4-40H2,1-3H3. The Bertz CT molecular complexity index is 661. The molecule has 0 aromatic heterocycles. The van der Waals surface area contributed by atoms with Gasteiger partial charge < -0.3 is 20.1 Å². The number of aliphatic hydroxyl groups is 3. The van der Waals surface area contributed by atoms with Crippen molar-refractivity contribution in [3.63, 3.8) is 0 Å². The van der Waals surface area contributed by atoms with Crippen molar-refractivity contribution in [1.82, 2.24) is 4.90 Å². The molecule has 2 atom stereocenters. The van der Waals surface area contributed by atoms with Gasteiger partial charge in [0.15, 0.2) is 0 Å². The van der Waals surface area contributed by atoms with Gasteiger partial charge in [0, 0.05) is 26.1 Å². The predicted octanol–water partition coefficient (Wildman–Crippen LogP) is 11.8. The average molecular weight is 712 g/mol. The van der Waals surface area contributed by atoms with Crippen molar-refractivity contribution in [1.29, 1.82) is 0 Å². The first kappa shape index (κ1) is 49.3. The van der Waals surface area contributed by atoms with Crippen LogP contribution in [0.4, 0.5) is 0 Å². The molecule has 0 rings (SSSR count). The van der Waals surface area contributed by atoms with Crippen LogP contribution >= 0.6 is 0 Å². The molecule has 0 fully saturated rings. The fourth-order valence-corrected chi connectivity index (χ4v) is 7.16. The highest BCUT2D eigenvalue weighted by Crippen LogP contribution is 2.19. The summed E-state index contributed by atoms with van der Waals surface area (Å²) in [5.41, 5.74) is 0. The third-order valence-corrected chi connectivity index (χ3v) is 10.4. The number of nitrogens with zero attached hydrogens (tertiary/aromatic N) is 1. The molecule has 3 N–H and O–H groups in total. The lowest BCUT2D eigenvalue weighted by Crippen LogP contribution is -2.38. The molecule has 0 saturated carbocycles. The highest BCUT2D eigenvalue weighted by atomic mass is 16.5. The molecule has 0 aromatic rings. The first-order valence-corrected chi connectivity index (χ1v) is 22.3. The molecule has 0 spiro atoms. The normalized spacial score (nSPS) is 13.0. The van der Waals surface area contributed by atoms with Crippen LogP contribution in [0.3, 0.4) is 0 Å². The van der Waals surface area contributed by atoms with Crippen LogP contribution in [0, 0.1) is 0 Å². The monoisotopic (exact) mass is 712 g/mol. The smallest absolute Gasteiger partial charge is 0.306 e. The van der Waals surface area contributed by atoms with Gasteiger partial charge >= 0.3 is 5.97 Å². The number of ether oxygens (including phenoxy) is 1. The predicted molar refractivity (Wildman–Crippen MR) is 215 cm³/mol. The molecule has 0 aliphatic heterocycles. The Balaban J connectivity index is 4.40. The zero-order valence-corrected chi connectivity index (χ0v) is 34.0. The Kier molecular flexibility index (Phi) is 39.0. The summed E-state index contributed by atoms with van der Waals surface area (Å²) in [5, 5.41) is 30.8. The summed E-state index contributed by atoms with van der Waals surface area (Å²) < 4.78 is 6.01. The summed E-state index contributed by atoms with van der Waals surface area (Å²) in [5.74, 6) is -0.0436. The van der Waals surface area contributed by atoms with Crippen molar-refractivity contribution in [3.8, 4) is 0 Å². The fraction of sp³-hybridized carbons (Fsp3) is 0.977. The summed E-state index contributed by atoms with van der Waals surface area (Å²) in [6.45, 7) is 9.02. The van der Waals surface area contributed by atoms with Crippen molar-refractivity contribution in [2.75, 3.05) is 26.2 Å². The lowest BCUT2D eigenvalue weighted by molar-refractivity contribution is -0.150. The molecule has 6 nitrogen and oxygen atoms in total. The molecule has 0 radical (unpaired) electrons. The Morgan fingerprint density at radius 2 is 0.840 bits per heavy atom. The minimum Gasteiger partial charge on any atom is -0.462 e. The molecule has 0 aliphatic rings. The number of esters is 1. The Labute approximate surface area is 312 Å². The maximum Gasteiger partial charge on any atom is 0.306 e. The summed E-state index contributed by atoms with van der Waals surface area (Å²) in [7, 11) is 0. The lowest BCUT2D eigenvalue weighted by Gasteiger charge is -2.27. The summed E-state index contributed by atoms with van der Waals surface area (Å²) in [6, 6.07) is 0. The van der Waals surface area contributed by atoms with E-state index in [4.69, 9.17) is 4.74 Å². The van der Waals surface area contributed by atoms with Gasteiger partial charge in [0.25, 0.3) is 0 Å². The Morgan fingerprint density at radius 3 is 1.26 bits per heavy atom. The molecule has 0 saturated heterocycles. The van der Waals surface area contributed by atoms with Gasteiger partial charge in [0.1, 0.15) is 6.10 Å². The number of carbonyl (C=O) groups excluding carboxylic acids is 1. The van der Waals surface area contributed by atoms with E-state index in [0.29, 0.717) is 19.5 Å². The Hall–Kier alpha value is -0.690. The van der Waals surface area contributed by atoms with Crippen molar-refractivity contribution in [2.24, 2.45) is 0 Å². The third-order valence-electron chi connectivity index (χ3n) is 10.4. The van der Waals surface area contributed by atoms with E-state index in [1.807, 2.05) is 0 Å². The molecule has 0 aliphatic carbocycles. The summed E-state index contributed by atoms with van der Waals surface area (Å²) in [4.78, 5) is 15.0. The zero-order valence-electron chi connectivity index (χ0n) is 34.0. The number of rotatable bonds is 41. The van der Waals surface area contributed by atoms with Crippen molar-refractivity contribution >= 4 is 5.97 Å². The third kappa shape index (κ3) is 35.7. The van der Waals surface area contributed by atoms with E-state index >= 15 is 0 Å². The van der Waals surface area contributed by atoms with Gasteiger partial charge in [0.05, 0.1) is 12.2 Å². The van der Waals surface area contributed by atoms with Crippen LogP contribution in [0.5, 0.6) is 0 Å². The quantitative estimate of drug-likeness (QED) is 0.0432. The molecule has 0 aromatic carbocycles. The molecule has 0 heterocycles. The molecular formula is C44H89NO5. The van der Waals surface area contributed by atoms with E-state index in [9.17, 15) is 20.1 Å². The van der Waals surface area contributed by atoms with Gasteiger partial charge in [-0.3, -0.25) is 9.69 Å². The number of hydrogen-bond donors (Lipinski definition) is 3. The SMILES string of the molecule is CCCCCCCCCCCCC(O)CN(CCCCCO)CC(O)CCCCCC(=O)OC(CCCCCCCC)CCCCCCCC. The fourth-order valence-electron chi connectivity index (χ4n) is 7.16. The molecular weight excluding hydrogens is 622 g/mol. The minimum atomic E-state index is -0.427. The highest BCUT2D eigenvalue weighted by molar-refractivity contribution is 5.69. The lowest BCUT2D eigenvalue weighted by atomic mass is 10.0. The summed E-state index contributed by atoms with van der Waals surface area (Å²) >= 11 is 0. The highest BCUT2D eigenvalue weighted by Gasteiger charge is 2.17. The number of carbonyl (C=O) groups is 1. The van der Waals surface area contributed by atoms with Crippen LogP contribution in [0.2, 0.25) is 0 Å². The first-order valence-electron chi connectivity index (χ1n) is 22.3. The largest absolute Gasteiger partial charge is 0.462 e. The maximum atomic E-state index is 12.8. The van der Waals surface area contributed by atoms with Crippen LogP contribution in [-0.2, 0) is 9.53 Å². The van der Waals surface area contributed by atoms with Crippen LogP contribution in [0.25, 0.3) is 0 Å². The van der Waals surface area contributed by atoms with E-state index in [1.165, 1.54) is 122 Å². The van der Waals surface area contributed by atoms with Gasteiger partial charge in [-0.05, 0) is 70.8 Å². The zero-order chi connectivity index (χ0) is 36.8. The maximum absolute atomic E-state index is 12.8. The van der Waals surface area contributed by atoms with Gasteiger partial charge in [0.2, 0.25) is 0 Å². The van der Waals surface area contributed by atoms with Crippen molar-refractivity contribution in [3.05, 3.63) is 0 Å². The van der Waals surface area contributed by atoms with E-state index in [2.05, 4.69) is 25.7 Å². The van der Waals surface area contributed by atoms with Crippen LogP contribution in [0.15, 0.2) is 0 Å². The van der Waals surface area contributed by atoms with Crippen molar-refractivity contribution < 1.29 is 24.9 Å². The Morgan fingerprint density at radius 1 is 0.480 bits per heavy atom. The van der Waals surface area contributed by atoms with Crippen LogP contribution in [-0.4, -0.2) is 70.7 Å². The molecule has 6 heteroatoms. The van der Waals surface area contributed by atoms with Crippen LogP contribution < -0.4 is 0 Å². The van der Waals surface area contributed by atoms with E-state index in [0.717, 1.165) is 90.0 Å². The number of unbranched alkanes of at least 4 members (excludes halogenated alkanes) is 23. The minimum absolute atomic E-state index is 0.0436. The van der Waals surface area contributed by atoms with Crippen LogP contribution in [0.1, 0.15) is 233 Å². The van der Waals surface area contributed by atoms with Gasteiger partial charge in [-0.15, -0.1) is 0 Å². The topological polar surface area (TPSA) is 90.2 Å². The van der Waals surface area contributed by atoms with Gasteiger partial charge in [-0.2, -0.15) is 0 Å². The second-order valence-electron chi connectivity index (χ2n) is 15.6. The number of aliphatic hydroxyl groups excluding tert-OH is 3. The molecule has 2 unspecified atom stereocenters. The van der Waals surface area contributed by atoms with Gasteiger partial charge in [-0.1, -0.05) is 162 Å². The molecule has 50 heavy (non-hydrogen) atoms. The first-order chi connectivity index (χ1) is 24.5.